The van der Waals surface area contributed by atoms with Crippen molar-refractivity contribution in [2.24, 2.45) is 11.0 Å². The van der Waals surface area contributed by atoms with Crippen molar-refractivity contribution in [3.05, 3.63) is 59.5 Å². The molecule has 0 radical (unpaired) electrons. The Bertz CT molecular complexity index is 929. The van der Waals surface area contributed by atoms with E-state index in [1.165, 1.54) is 47.2 Å². The van der Waals surface area contributed by atoms with E-state index < -0.39 is 12.5 Å². The molecule has 6 nitrogen and oxygen atoms in total. The third-order valence-electron chi connectivity index (χ3n) is 6.01. The Kier molecular flexibility index (Phi) is 21.2. The van der Waals surface area contributed by atoms with Crippen LogP contribution in [0.1, 0.15) is 63.4 Å². The number of hydrogen-bond donors (Lipinski definition) is 0. The van der Waals surface area contributed by atoms with Gasteiger partial charge in [-0.05, 0) is 37.3 Å². The maximum Gasteiger partial charge on any atom is 0.278 e. The third-order valence-corrected chi connectivity index (χ3v) is 7.95. The molecule has 3 rings (SSSR count). The normalized spacial score (nSPS) is 19.7. The van der Waals surface area contributed by atoms with Gasteiger partial charge in [-0.15, -0.1) is 13.2 Å². The van der Waals surface area contributed by atoms with Gasteiger partial charge >= 0.3 is 0 Å². The molecular formula is C30H49F2N4O2PS. The number of hydrazone groups is 1. The number of alkyl halides is 2. The first-order chi connectivity index (χ1) is 19.2. The summed E-state index contributed by atoms with van der Waals surface area (Å²) < 4.78 is 30.9. The zero-order valence-electron chi connectivity index (χ0n) is 25.0. The Morgan fingerprint density at radius 2 is 1.95 bits per heavy atom. The fourth-order valence-corrected chi connectivity index (χ4v) is 5.46. The first kappa shape index (κ1) is 37.8. The van der Waals surface area contributed by atoms with E-state index in [-0.39, 0.29) is 0 Å². The van der Waals surface area contributed by atoms with Crippen molar-refractivity contribution in [2.45, 2.75) is 71.8 Å². The molecule has 0 N–H and O–H groups in total. The molecule has 0 aliphatic carbocycles. The third kappa shape index (κ3) is 16.8. The summed E-state index contributed by atoms with van der Waals surface area (Å²) in [6.45, 7) is 17.9. The lowest BCUT2D eigenvalue weighted by atomic mass is 9.96. The average Bonchev–Trinajstić information content (AvgIpc) is 3.38. The Labute approximate surface area is 246 Å². The van der Waals surface area contributed by atoms with E-state index in [1.54, 1.807) is 0 Å². The highest BCUT2D eigenvalue weighted by molar-refractivity contribution is 7.42. The van der Waals surface area contributed by atoms with Gasteiger partial charge in [0.1, 0.15) is 6.79 Å². The van der Waals surface area contributed by atoms with Crippen molar-refractivity contribution in [3.63, 3.8) is 0 Å². The largest absolute Gasteiger partial charge is 0.464 e. The second-order valence-electron chi connectivity index (χ2n) is 9.32. The topological polar surface area (TPSA) is 58.0 Å². The molecule has 2 atom stereocenters. The first-order valence-corrected chi connectivity index (χ1v) is 16.0. The SMILES string of the molecule is C=C.C=O.CCCC(CC)CCN1CCc2sc(OCC(C)(F)F)nc2C1.CPC1=C\N(C)/N=C/C/C=C/C=C\1. The molecule has 0 aromatic carbocycles. The first-order valence-electron chi connectivity index (χ1n) is 13.7. The number of allylic oxidation sites excluding steroid dienone is 5. The van der Waals surface area contributed by atoms with E-state index in [0.717, 1.165) is 59.6 Å². The van der Waals surface area contributed by atoms with Gasteiger partial charge in [-0.3, -0.25) is 9.91 Å². The molecule has 0 bridgehead atoms. The second kappa shape index (κ2) is 22.5. The van der Waals surface area contributed by atoms with Crippen LogP contribution >= 0.6 is 19.9 Å². The van der Waals surface area contributed by atoms with Gasteiger partial charge in [-0.25, -0.2) is 13.8 Å². The Morgan fingerprint density at radius 3 is 2.58 bits per heavy atom. The van der Waals surface area contributed by atoms with Gasteiger partial charge in [-0.1, -0.05) is 77.3 Å². The predicted octanol–water partition coefficient (Wildman–Crippen LogP) is 7.94. The smallest absolute Gasteiger partial charge is 0.278 e. The molecule has 0 saturated carbocycles. The van der Waals surface area contributed by atoms with Crippen LogP contribution in [0.3, 0.4) is 0 Å². The van der Waals surface area contributed by atoms with Gasteiger partial charge in [0.15, 0.2) is 6.61 Å². The van der Waals surface area contributed by atoms with E-state index in [0.29, 0.717) is 5.19 Å². The number of thiazole rings is 1. The lowest BCUT2D eigenvalue weighted by Gasteiger charge is -2.27. The number of fused-ring (bicyclic) bond motifs is 1. The maximum absolute atomic E-state index is 12.9. The highest BCUT2D eigenvalue weighted by Crippen LogP contribution is 2.31. The summed E-state index contributed by atoms with van der Waals surface area (Å²) in [6.07, 6.45) is 19.2. The molecule has 1 aromatic heterocycles. The van der Waals surface area contributed by atoms with E-state index in [2.05, 4.69) is 79.2 Å². The van der Waals surface area contributed by atoms with E-state index >= 15 is 0 Å². The van der Waals surface area contributed by atoms with Crippen LogP contribution in [0.15, 0.2) is 54.1 Å². The molecule has 3 heterocycles. The number of halogens is 2. The Morgan fingerprint density at radius 1 is 1.23 bits per heavy atom. The van der Waals surface area contributed by atoms with Gasteiger partial charge in [0, 0.05) is 50.8 Å². The van der Waals surface area contributed by atoms with Crippen molar-refractivity contribution in [1.82, 2.24) is 14.9 Å². The molecule has 1 aromatic rings. The van der Waals surface area contributed by atoms with Gasteiger partial charge in [-0.2, -0.15) is 5.10 Å². The van der Waals surface area contributed by atoms with Crippen LogP contribution in [0.4, 0.5) is 8.78 Å². The van der Waals surface area contributed by atoms with Crippen LogP contribution in [0.5, 0.6) is 5.19 Å². The number of ether oxygens (including phenoxy) is 1. The molecule has 0 amide bonds. The summed E-state index contributed by atoms with van der Waals surface area (Å²) in [5.41, 5.74) is 1.01. The number of carbonyl (C=O) groups excluding carboxylic acids is 1. The van der Waals surface area contributed by atoms with Crippen LogP contribution in [-0.4, -0.2) is 67.2 Å². The molecule has 2 aliphatic heterocycles. The standard InChI is InChI=1S/C17H28F2N2OS.C10H15N2P.C2H4.CH2O/c1-4-6-13(5-2)7-9-21-10-8-15-14(11-21)20-16(23-15)22-12-17(3,18)19;1-12-9-10(13-2)7-5-3-4-6-8-11-12;2*1-2/h13H,4-12H2,1-3H3;3-5,7-9,13H,6H2,1-2H3;1-2H2;1H2/b;4-3+,7-5-,10-9-,11-8+;;. The summed E-state index contributed by atoms with van der Waals surface area (Å²) in [5, 5.41) is 7.79. The van der Waals surface area contributed by atoms with Gasteiger partial charge in [0.05, 0.1) is 5.69 Å². The van der Waals surface area contributed by atoms with Crippen LogP contribution < -0.4 is 4.74 Å². The predicted molar refractivity (Wildman–Crippen MR) is 170 cm³/mol. The van der Waals surface area contributed by atoms with Gasteiger partial charge in [0.25, 0.3) is 11.1 Å². The van der Waals surface area contributed by atoms with Crippen molar-refractivity contribution in [2.75, 3.05) is 33.4 Å². The number of rotatable bonds is 10. The summed E-state index contributed by atoms with van der Waals surface area (Å²) >= 11 is 1.42. The number of aromatic nitrogens is 1. The molecule has 0 saturated heterocycles. The van der Waals surface area contributed by atoms with Crippen LogP contribution in [0.2, 0.25) is 0 Å². The Balaban J connectivity index is 0.000000759. The van der Waals surface area contributed by atoms with Crippen molar-refractivity contribution >= 4 is 32.9 Å². The molecule has 0 fully saturated rings. The molecule has 2 unspecified atom stereocenters. The molecule has 2 aliphatic rings. The number of nitrogens with zero attached hydrogens (tertiary/aromatic N) is 4. The van der Waals surface area contributed by atoms with Crippen LogP contribution in [0.25, 0.3) is 0 Å². The van der Waals surface area contributed by atoms with Gasteiger partial charge < -0.3 is 9.53 Å². The fraction of sp³-hybridized carbons (Fsp3) is 0.567. The van der Waals surface area contributed by atoms with E-state index in [9.17, 15) is 8.78 Å². The molecule has 40 heavy (non-hydrogen) atoms. The highest BCUT2D eigenvalue weighted by Gasteiger charge is 2.25. The molecule has 0 spiro atoms. The van der Waals surface area contributed by atoms with Crippen molar-refractivity contribution in [1.29, 1.82) is 0 Å². The highest BCUT2D eigenvalue weighted by atomic mass is 32.1. The zero-order valence-corrected chi connectivity index (χ0v) is 26.8. The summed E-state index contributed by atoms with van der Waals surface area (Å²) in [4.78, 5) is 16.0. The minimum atomic E-state index is -2.81. The Hall–Kier alpha value is -2.22. The molecule has 10 heteroatoms. The minimum Gasteiger partial charge on any atom is -0.464 e. The lowest BCUT2D eigenvalue weighted by molar-refractivity contribution is -0.0980. The second-order valence-corrected chi connectivity index (χ2v) is 11.4. The van der Waals surface area contributed by atoms with E-state index in [4.69, 9.17) is 9.53 Å². The maximum atomic E-state index is 12.9. The van der Waals surface area contributed by atoms with Gasteiger partial charge in [0.2, 0.25) is 0 Å². The zero-order chi connectivity index (χ0) is 30.4. The van der Waals surface area contributed by atoms with Crippen LogP contribution in [0, 0.1) is 5.92 Å². The van der Waals surface area contributed by atoms with Crippen molar-refractivity contribution < 1.29 is 18.3 Å². The summed E-state index contributed by atoms with van der Waals surface area (Å²) in [6, 6.07) is 0. The number of carbonyl (C=O) groups is 1. The lowest BCUT2D eigenvalue weighted by Crippen LogP contribution is -2.31. The quantitative estimate of drug-likeness (QED) is 0.202. The van der Waals surface area contributed by atoms with Crippen LogP contribution in [-0.2, 0) is 17.8 Å². The van der Waals surface area contributed by atoms with Crippen molar-refractivity contribution in [3.8, 4) is 5.19 Å². The fourth-order valence-electron chi connectivity index (χ4n) is 3.97. The number of hydrogen-bond acceptors (Lipinski definition) is 7. The minimum absolute atomic E-state index is 0.385. The summed E-state index contributed by atoms with van der Waals surface area (Å²) in [5.74, 6) is -2.00. The summed E-state index contributed by atoms with van der Waals surface area (Å²) in [7, 11) is 2.76. The molecule has 226 valence electrons. The monoisotopic (exact) mass is 598 g/mol. The average molecular weight is 599 g/mol. The molecular weight excluding hydrogens is 549 g/mol. The van der Waals surface area contributed by atoms with E-state index in [1.807, 2.05) is 25.1 Å².